The zero-order valence-electron chi connectivity index (χ0n) is 9.43. The van der Waals surface area contributed by atoms with Gasteiger partial charge in [0.15, 0.2) is 4.93 Å². The van der Waals surface area contributed by atoms with E-state index in [9.17, 15) is 18.1 Å². The minimum Gasteiger partial charge on any atom is -0.746 e. The van der Waals surface area contributed by atoms with Gasteiger partial charge in [-0.05, 0) is 13.8 Å². The van der Waals surface area contributed by atoms with E-state index in [4.69, 9.17) is 0 Å². The Morgan fingerprint density at radius 1 is 1.33 bits per heavy atom. The van der Waals surface area contributed by atoms with E-state index in [1.807, 2.05) is 18.7 Å². The second-order valence-corrected chi connectivity index (χ2v) is 5.70. The van der Waals surface area contributed by atoms with Gasteiger partial charge < -0.3 is 14.6 Å². The van der Waals surface area contributed by atoms with Crippen molar-refractivity contribution >= 4 is 10.1 Å². The molecule has 1 saturated heterocycles. The van der Waals surface area contributed by atoms with Gasteiger partial charge in [0.2, 0.25) is 0 Å². The van der Waals surface area contributed by atoms with Crippen molar-refractivity contribution < 1.29 is 47.6 Å². The topological polar surface area (TPSA) is 80.7 Å². The molecule has 1 aliphatic heterocycles. The second-order valence-electron chi connectivity index (χ2n) is 4.03. The molecule has 0 aliphatic carbocycles. The molecule has 1 fully saturated rings. The number of piperidine rings is 1. The number of hydrogen-bond acceptors (Lipinski definition) is 5. The molecule has 15 heavy (non-hydrogen) atoms. The molecule has 0 atom stereocenters. The van der Waals surface area contributed by atoms with E-state index in [0.29, 0.717) is 19.1 Å². The summed E-state index contributed by atoms with van der Waals surface area (Å²) in [7, 11) is -4.60. The smallest absolute Gasteiger partial charge is 0.746 e. The summed E-state index contributed by atoms with van der Waals surface area (Å²) in [5, 5.41) is 9.58. The molecular formula is C8H16NNaO4S. The van der Waals surface area contributed by atoms with Gasteiger partial charge in [0, 0.05) is 32.0 Å². The third-order valence-corrected chi connectivity index (χ3v) is 4.11. The van der Waals surface area contributed by atoms with Crippen LogP contribution in [0.25, 0.3) is 0 Å². The maximum Gasteiger partial charge on any atom is 1.00 e. The van der Waals surface area contributed by atoms with Gasteiger partial charge in [-0.3, -0.25) is 0 Å². The first-order valence-electron chi connectivity index (χ1n) is 4.68. The maximum absolute atomic E-state index is 10.8. The quantitative estimate of drug-likeness (QED) is 0.408. The standard InChI is InChI=1S/C8H17NO4S.Na/c1-7(2)9-5-3-8(10,4-6-9)14(11,12)13;/h7,10H,3-6H2,1-2H3,(H,11,12,13);/q;+1/p-1. The summed E-state index contributed by atoms with van der Waals surface area (Å²) in [6.45, 7) is 4.90. The Morgan fingerprint density at radius 2 is 1.73 bits per heavy atom. The normalized spacial score (nSPS) is 22.5. The Hall–Kier alpha value is 0.830. The van der Waals surface area contributed by atoms with Gasteiger partial charge >= 0.3 is 29.6 Å². The number of rotatable bonds is 2. The van der Waals surface area contributed by atoms with Gasteiger partial charge in [-0.2, -0.15) is 0 Å². The van der Waals surface area contributed by atoms with Crippen LogP contribution in [0.5, 0.6) is 0 Å². The summed E-state index contributed by atoms with van der Waals surface area (Å²) in [5.74, 6) is 0. The summed E-state index contributed by atoms with van der Waals surface area (Å²) in [5.41, 5.74) is 0. The van der Waals surface area contributed by atoms with Crippen LogP contribution in [0.15, 0.2) is 0 Å². The summed E-state index contributed by atoms with van der Waals surface area (Å²) in [6, 6.07) is 0.314. The minimum atomic E-state index is -4.60. The van der Waals surface area contributed by atoms with Crippen molar-refractivity contribution in [3.8, 4) is 0 Å². The zero-order chi connectivity index (χ0) is 11.0. The van der Waals surface area contributed by atoms with E-state index < -0.39 is 15.1 Å². The first kappa shape index (κ1) is 15.8. The first-order valence-corrected chi connectivity index (χ1v) is 6.09. The van der Waals surface area contributed by atoms with Crippen LogP contribution in [0.3, 0.4) is 0 Å². The van der Waals surface area contributed by atoms with E-state index in [0.717, 1.165) is 0 Å². The third-order valence-electron chi connectivity index (χ3n) is 2.77. The van der Waals surface area contributed by atoms with Crippen LogP contribution in [0.2, 0.25) is 0 Å². The summed E-state index contributed by atoms with van der Waals surface area (Å²) in [4.78, 5) is -0.00194. The van der Waals surface area contributed by atoms with Crippen LogP contribution >= 0.6 is 0 Å². The zero-order valence-corrected chi connectivity index (χ0v) is 12.2. The number of nitrogens with zero attached hydrogens (tertiary/aromatic N) is 1. The van der Waals surface area contributed by atoms with Gasteiger partial charge in [-0.1, -0.05) is 0 Å². The van der Waals surface area contributed by atoms with Crippen molar-refractivity contribution in [3.63, 3.8) is 0 Å². The molecule has 0 radical (unpaired) electrons. The molecule has 0 amide bonds. The Labute approximate surface area is 113 Å². The fourth-order valence-electron chi connectivity index (χ4n) is 1.64. The molecule has 1 rings (SSSR count). The van der Waals surface area contributed by atoms with Gasteiger partial charge in [-0.15, -0.1) is 0 Å². The van der Waals surface area contributed by atoms with Crippen LogP contribution in [-0.2, 0) is 10.1 Å². The van der Waals surface area contributed by atoms with E-state index >= 15 is 0 Å². The molecule has 0 aromatic heterocycles. The van der Waals surface area contributed by atoms with Crippen LogP contribution in [0, 0.1) is 0 Å². The predicted molar refractivity (Wildman–Crippen MR) is 50.6 cm³/mol. The number of hydrogen-bond donors (Lipinski definition) is 1. The SMILES string of the molecule is CC(C)N1CCC(O)(S(=O)(=O)[O-])CC1.[Na+]. The van der Waals surface area contributed by atoms with E-state index in [1.54, 1.807) is 0 Å². The van der Waals surface area contributed by atoms with E-state index in [1.165, 1.54) is 0 Å². The largest absolute Gasteiger partial charge is 1.00 e. The van der Waals surface area contributed by atoms with Gasteiger partial charge in [-0.25, -0.2) is 8.42 Å². The molecule has 0 saturated carbocycles. The van der Waals surface area contributed by atoms with E-state index in [-0.39, 0.29) is 42.4 Å². The van der Waals surface area contributed by atoms with Crippen LogP contribution in [0.4, 0.5) is 0 Å². The number of likely N-dealkylation sites (tertiary alicyclic amines) is 1. The molecule has 0 aromatic rings. The van der Waals surface area contributed by atoms with Crippen molar-refractivity contribution in [2.45, 2.75) is 37.7 Å². The molecule has 0 unspecified atom stereocenters. The molecule has 1 heterocycles. The molecule has 1 N–H and O–H groups in total. The fraction of sp³-hybridized carbons (Fsp3) is 1.00. The average molecular weight is 245 g/mol. The van der Waals surface area contributed by atoms with Crippen molar-refractivity contribution in [2.75, 3.05) is 13.1 Å². The molecule has 5 nitrogen and oxygen atoms in total. The first-order chi connectivity index (χ1) is 6.26. The van der Waals surface area contributed by atoms with Crippen molar-refractivity contribution in [2.24, 2.45) is 0 Å². The molecule has 1 aliphatic rings. The van der Waals surface area contributed by atoms with Crippen LogP contribution in [-0.4, -0.2) is 47.0 Å². The monoisotopic (exact) mass is 245 g/mol. The Morgan fingerprint density at radius 3 is 2.00 bits per heavy atom. The van der Waals surface area contributed by atoms with Crippen LogP contribution < -0.4 is 29.6 Å². The Bertz CT molecular complexity index is 296. The van der Waals surface area contributed by atoms with E-state index in [2.05, 4.69) is 0 Å². The average Bonchev–Trinajstić information content (AvgIpc) is 2.03. The Kier molecular flexibility index (Phi) is 5.74. The third kappa shape index (κ3) is 3.66. The minimum absolute atomic E-state index is 0. The van der Waals surface area contributed by atoms with Crippen molar-refractivity contribution in [1.82, 2.24) is 4.90 Å². The Balaban J connectivity index is 0.00000196. The van der Waals surface area contributed by atoms with Gasteiger partial charge in [0.05, 0.1) is 0 Å². The summed E-state index contributed by atoms with van der Waals surface area (Å²) >= 11 is 0. The van der Waals surface area contributed by atoms with Gasteiger partial charge in [0.1, 0.15) is 10.1 Å². The second kappa shape index (κ2) is 5.44. The summed E-state index contributed by atoms with van der Waals surface area (Å²) < 4.78 is 32.3. The molecule has 7 heteroatoms. The molecule has 0 spiro atoms. The molecule has 0 aromatic carbocycles. The van der Waals surface area contributed by atoms with Crippen LogP contribution in [0.1, 0.15) is 26.7 Å². The predicted octanol–water partition coefficient (Wildman–Crippen LogP) is -3.27. The molecule has 0 bridgehead atoms. The summed E-state index contributed by atoms with van der Waals surface area (Å²) in [6.07, 6.45) is 0.0219. The molecule has 84 valence electrons. The number of aliphatic hydroxyl groups is 1. The molecular weight excluding hydrogens is 229 g/mol. The fourth-order valence-corrected chi connectivity index (χ4v) is 2.32. The van der Waals surface area contributed by atoms with Crippen molar-refractivity contribution in [3.05, 3.63) is 0 Å². The van der Waals surface area contributed by atoms with Crippen molar-refractivity contribution in [1.29, 1.82) is 0 Å². The van der Waals surface area contributed by atoms with Gasteiger partial charge in [0.25, 0.3) is 0 Å². The maximum atomic E-state index is 10.8.